The molecule has 0 radical (unpaired) electrons. The molecule has 1 rings (SSSR count). The first-order valence-electron chi connectivity index (χ1n) is 8.00. The molecule has 0 aromatic carbocycles. The first-order chi connectivity index (χ1) is 10.5. The molecular weight excluding hydrogens is 286 g/mol. The summed E-state index contributed by atoms with van der Waals surface area (Å²) in [5.74, 6) is -1.40. The SMILES string of the molecule is CCCC(NCC(=O)NC(C)C(=O)N1CCCCC1)C(=O)O. The predicted octanol–water partition coefficient (Wildman–Crippen LogP) is 0.347. The summed E-state index contributed by atoms with van der Waals surface area (Å²) in [6, 6.07) is -1.31. The standard InChI is InChI=1S/C15H27N3O4/c1-3-7-12(15(21)22)16-10-13(19)17-11(2)14(20)18-8-5-4-6-9-18/h11-12,16H,3-10H2,1-2H3,(H,17,19)(H,21,22). The number of hydrogen-bond acceptors (Lipinski definition) is 4. The van der Waals surface area contributed by atoms with E-state index in [1.807, 2.05) is 6.92 Å². The number of nitrogens with zero attached hydrogens (tertiary/aromatic N) is 1. The number of carboxylic acids is 1. The minimum atomic E-state index is -0.966. The predicted molar refractivity (Wildman–Crippen MR) is 82.4 cm³/mol. The van der Waals surface area contributed by atoms with Gasteiger partial charge in [-0.15, -0.1) is 0 Å². The Bertz CT molecular complexity index is 394. The van der Waals surface area contributed by atoms with E-state index in [0.29, 0.717) is 6.42 Å². The van der Waals surface area contributed by atoms with Gasteiger partial charge in [-0.2, -0.15) is 0 Å². The van der Waals surface area contributed by atoms with Crippen LogP contribution in [-0.4, -0.2) is 59.5 Å². The highest BCUT2D eigenvalue weighted by Crippen LogP contribution is 2.09. The second-order valence-corrected chi connectivity index (χ2v) is 5.74. The Balaban J connectivity index is 2.36. The quantitative estimate of drug-likeness (QED) is 0.600. The Hall–Kier alpha value is -1.63. The van der Waals surface area contributed by atoms with Gasteiger partial charge in [0.05, 0.1) is 6.54 Å². The van der Waals surface area contributed by atoms with Crippen LogP contribution in [0.5, 0.6) is 0 Å². The minimum Gasteiger partial charge on any atom is -0.480 e. The molecule has 1 saturated heterocycles. The number of aliphatic carboxylic acids is 1. The molecule has 126 valence electrons. The summed E-state index contributed by atoms with van der Waals surface area (Å²) >= 11 is 0. The molecule has 3 N–H and O–H groups in total. The van der Waals surface area contributed by atoms with E-state index in [0.717, 1.165) is 38.8 Å². The molecule has 0 spiro atoms. The fourth-order valence-corrected chi connectivity index (χ4v) is 2.56. The van der Waals surface area contributed by atoms with Crippen molar-refractivity contribution in [3.05, 3.63) is 0 Å². The molecule has 2 atom stereocenters. The highest BCUT2D eigenvalue weighted by molar-refractivity contribution is 5.88. The highest BCUT2D eigenvalue weighted by atomic mass is 16.4. The van der Waals surface area contributed by atoms with Crippen molar-refractivity contribution >= 4 is 17.8 Å². The monoisotopic (exact) mass is 313 g/mol. The zero-order valence-corrected chi connectivity index (χ0v) is 13.4. The van der Waals surface area contributed by atoms with Crippen molar-refractivity contribution in [3.63, 3.8) is 0 Å². The molecular formula is C15H27N3O4. The maximum atomic E-state index is 12.2. The second-order valence-electron chi connectivity index (χ2n) is 5.74. The Kier molecular flexibility index (Phi) is 7.87. The smallest absolute Gasteiger partial charge is 0.320 e. The van der Waals surface area contributed by atoms with Gasteiger partial charge in [0.2, 0.25) is 11.8 Å². The van der Waals surface area contributed by atoms with Crippen LogP contribution in [0.3, 0.4) is 0 Å². The van der Waals surface area contributed by atoms with E-state index in [2.05, 4.69) is 10.6 Å². The first-order valence-corrected chi connectivity index (χ1v) is 8.00. The van der Waals surface area contributed by atoms with Crippen LogP contribution in [0, 0.1) is 0 Å². The van der Waals surface area contributed by atoms with E-state index in [4.69, 9.17) is 5.11 Å². The van der Waals surface area contributed by atoms with Crippen LogP contribution in [0.4, 0.5) is 0 Å². The van der Waals surface area contributed by atoms with Crippen LogP contribution in [0.1, 0.15) is 46.0 Å². The van der Waals surface area contributed by atoms with Crippen molar-refractivity contribution in [2.24, 2.45) is 0 Å². The number of amides is 2. The molecule has 1 heterocycles. The van der Waals surface area contributed by atoms with E-state index in [1.54, 1.807) is 11.8 Å². The van der Waals surface area contributed by atoms with Gasteiger partial charge in [0, 0.05) is 13.1 Å². The number of nitrogens with one attached hydrogen (secondary N) is 2. The number of carbonyl (C=O) groups excluding carboxylic acids is 2. The number of rotatable bonds is 8. The summed E-state index contributed by atoms with van der Waals surface area (Å²) in [5, 5.41) is 14.3. The van der Waals surface area contributed by atoms with Gasteiger partial charge in [-0.25, -0.2) is 0 Å². The van der Waals surface area contributed by atoms with Gasteiger partial charge in [0.15, 0.2) is 0 Å². The molecule has 0 saturated carbocycles. The van der Waals surface area contributed by atoms with Crippen LogP contribution >= 0.6 is 0 Å². The molecule has 7 nitrogen and oxygen atoms in total. The second kappa shape index (κ2) is 9.40. The van der Waals surface area contributed by atoms with E-state index in [1.165, 1.54) is 0 Å². The van der Waals surface area contributed by atoms with Crippen molar-refractivity contribution in [3.8, 4) is 0 Å². The van der Waals surface area contributed by atoms with Crippen molar-refractivity contribution in [2.75, 3.05) is 19.6 Å². The zero-order chi connectivity index (χ0) is 16.5. The van der Waals surface area contributed by atoms with Crippen LogP contribution in [0.25, 0.3) is 0 Å². The lowest BCUT2D eigenvalue weighted by atomic mass is 10.1. The van der Waals surface area contributed by atoms with Crippen LogP contribution in [-0.2, 0) is 14.4 Å². The van der Waals surface area contributed by atoms with Crippen molar-refractivity contribution < 1.29 is 19.5 Å². The minimum absolute atomic E-state index is 0.0728. The third-order valence-electron chi connectivity index (χ3n) is 3.80. The third-order valence-corrected chi connectivity index (χ3v) is 3.80. The van der Waals surface area contributed by atoms with Crippen molar-refractivity contribution in [2.45, 2.75) is 58.0 Å². The molecule has 0 aromatic heterocycles. The van der Waals surface area contributed by atoms with Gasteiger partial charge in [-0.1, -0.05) is 13.3 Å². The largest absolute Gasteiger partial charge is 0.480 e. The van der Waals surface area contributed by atoms with Crippen molar-refractivity contribution in [1.82, 2.24) is 15.5 Å². The number of likely N-dealkylation sites (tertiary alicyclic amines) is 1. The molecule has 2 amide bonds. The molecule has 7 heteroatoms. The van der Waals surface area contributed by atoms with Crippen molar-refractivity contribution in [1.29, 1.82) is 0 Å². The number of carbonyl (C=O) groups is 3. The van der Waals surface area contributed by atoms with Gasteiger partial charge < -0.3 is 15.3 Å². The fraction of sp³-hybridized carbons (Fsp3) is 0.800. The summed E-state index contributed by atoms with van der Waals surface area (Å²) < 4.78 is 0. The third kappa shape index (κ3) is 6.01. The molecule has 0 aromatic rings. The summed E-state index contributed by atoms with van der Waals surface area (Å²) in [6.07, 6.45) is 4.33. The Morgan fingerprint density at radius 1 is 1.18 bits per heavy atom. The summed E-state index contributed by atoms with van der Waals surface area (Å²) in [4.78, 5) is 36.8. The number of hydrogen-bond donors (Lipinski definition) is 3. The van der Waals surface area contributed by atoms with E-state index >= 15 is 0 Å². The van der Waals surface area contributed by atoms with E-state index < -0.39 is 18.1 Å². The van der Waals surface area contributed by atoms with Gasteiger partial charge in [0.1, 0.15) is 12.1 Å². The van der Waals surface area contributed by atoms with Gasteiger partial charge in [0.25, 0.3) is 0 Å². The van der Waals surface area contributed by atoms with Gasteiger partial charge in [-0.05, 0) is 32.6 Å². The number of piperidine rings is 1. The van der Waals surface area contributed by atoms with Crippen LogP contribution in [0.2, 0.25) is 0 Å². The Morgan fingerprint density at radius 2 is 1.82 bits per heavy atom. The maximum Gasteiger partial charge on any atom is 0.320 e. The van der Waals surface area contributed by atoms with Gasteiger partial charge >= 0.3 is 5.97 Å². The summed E-state index contributed by atoms with van der Waals surface area (Å²) in [7, 11) is 0. The number of carboxylic acid groups (broad SMARTS) is 1. The lowest BCUT2D eigenvalue weighted by Gasteiger charge is -2.29. The highest BCUT2D eigenvalue weighted by Gasteiger charge is 2.24. The first kappa shape index (κ1) is 18.4. The van der Waals surface area contributed by atoms with Crippen LogP contribution in [0.15, 0.2) is 0 Å². The molecule has 1 aliphatic heterocycles. The molecule has 0 aliphatic carbocycles. The summed E-state index contributed by atoms with van der Waals surface area (Å²) in [6.45, 7) is 4.94. The maximum absolute atomic E-state index is 12.2. The lowest BCUT2D eigenvalue weighted by molar-refractivity contribution is -0.140. The molecule has 1 fully saturated rings. The molecule has 2 unspecified atom stereocenters. The topological polar surface area (TPSA) is 98.7 Å². The average Bonchev–Trinajstić information content (AvgIpc) is 2.51. The van der Waals surface area contributed by atoms with Crippen LogP contribution < -0.4 is 10.6 Å². The average molecular weight is 313 g/mol. The zero-order valence-electron chi connectivity index (χ0n) is 13.4. The fourth-order valence-electron chi connectivity index (χ4n) is 2.56. The Morgan fingerprint density at radius 3 is 2.36 bits per heavy atom. The van der Waals surface area contributed by atoms with E-state index in [9.17, 15) is 14.4 Å². The normalized spacial score (nSPS) is 17.6. The molecule has 22 heavy (non-hydrogen) atoms. The lowest BCUT2D eigenvalue weighted by Crippen LogP contribution is -2.51. The van der Waals surface area contributed by atoms with Gasteiger partial charge in [-0.3, -0.25) is 19.7 Å². The Labute approximate surface area is 131 Å². The molecule has 0 bridgehead atoms. The van der Waals surface area contributed by atoms with E-state index in [-0.39, 0.29) is 18.4 Å². The summed E-state index contributed by atoms with van der Waals surface area (Å²) in [5.41, 5.74) is 0. The molecule has 1 aliphatic rings.